The summed E-state index contributed by atoms with van der Waals surface area (Å²) < 4.78 is 0. The Bertz CT molecular complexity index is 570. The Morgan fingerprint density at radius 2 is 2.05 bits per heavy atom. The maximum atomic E-state index is 5.68. The fraction of sp³-hybridized carbons (Fsp3) is 0.500. The molecule has 3 rings (SSSR count). The molecule has 0 radical (unpaired) electrons. The van der Waals surface area contributed by atoms with E-state index in [4.69, 9.17) is 5.73 Å². The lowest BCUT2D eigenvalue weighted by molar-refractivity contribution is 0.201. The van der Waals surface area contributed by atoms with Gasteiger partial charge in [0.2, 0.25) is 0 Å². The number of hydrogen-bond acceptors (Lipinski definition) is 7. The number of nitrogens with two attached hydrogens (primary N) is 1. The molecule has 2 N–H and O–H groups in total. The van der Waals surface area contributed by atoms with E-state index in [2.05, 4.69) is 31.8 Å². The average Bonchev–Trinajstić information content (AvgIpc) is 2.93. The maximum absolute atomic E-state index is 5.68. The molecule has 1 aliphatic rings. The van der Waals surface area contributed by atoms with Gasteiger partial charge in [0.15, 0.2) is 5.13 Å². The van der Waals surface area contributed by atoms with Gasteiger partial charge in [-0.25, -0.2) is 9.97 Å². The molecule has 0 saturated carbocycles. The number of rotatable bonds is 4. The van der Waals surface area contributed by atoms with Crippen LogP contribution in [0.4, 0.5) is 10.9 Å². The van der Waals surface area contributed by atoms with E-state index in [1.54, 1.807) is 23.7 Å². The van der Waals surface area contributed by atoms with Crippen molar-refractivity contribution in [3.63, 3.8) is 0 Å². The van der Waals surface area contributed by atoms with Gasteiger partial charge in [0.05, 0.1) is 6.20 Å². The first-order chi connectivity index (χ1) is 10.2. The Balaban J connectivity index is 0.00000176. The van der Waals surface area contributed by atoms with E-state index in [9.17, 15) is 0 Å². The van der Waals surface area contributed by atoms with Gasteiger partial charge in [0, 0.05) is 49.1 Å². The van der Waals surface area contributed by atoms with Gasteiger partial charge in [-0.1, -0.05) is 0 Å². The zero-order chi connectivity index (χ0) is 14.7. The highest BCUT2D eigenvalue weighted by atomic mass is 35.5. The summed E-state index contributed by atoms with van der Waals surface area (Å²) in [5.41, 5.74) is 5.68. The number of hydrogen-bond donors (Lipinski definition) is 1. The molecule has 0 bridgehead atoms. The predicted octanol–water partition coefficient (Wildman–Crippen LogP) is 2.04. The van der Waals surface area contributed by atoms with Crippen molar-refractivity contribution in [3.8, 4) is 0 Å². The lowest BCUT2D eigenvalue weighted by atomic mass is 10.0. The lowest BCUT2D eigenvalue weighted by Crippen LogP contribution is -2.43. The summed E-state index contributed by atoms with van der Waals surface area (Å²) in [5, 5.41) is 0.649. The Morgan fingerprint density at radius 3 is 2.64 bits per heavy atom. The molecular formula is C14H21ClN6S. The third-order valence-corrected chi connectivity index (χ3v) is 4.75. The summed E-state index contributed by atoms with van der Waals surface area (Å²) in [6.07, 6.45) is 9.46. The van der Waals surface area contributed by atoms with Crippen LogP contribution in [-0.4, -0.2) is 46.0 Å². The van der Waals surface area contributed by atoms with Crippen molar-refractivity contribution in [1.29, 1.82) is 0 Å². The van der Waals surface area contributed by atoms with Gasteiger partial charge in [-0.3, -0.25) is 9.88 Å². The standard InChI is InChI=1S/C14H20N6S.ClH/c1-19(10-12-8-18-14(15)21-12)11-2-6-20(7-3-11)13-9-16-4-5-17-13;/h4-5,8-9,11H,2-3,6-7,10H2,1H3,(H2,15,18);1H. The zero-order valence-corrected chi connectivity index (χ0v) is 14.2. The SMILES string of the molecule is CN(Cc1cnc(N)s1)C1CCN(c2cnccn2)CC1.Cl. The molecular weight excluding hydrogens is 320 g/mol. The highest BCUT2D eigenvalue weighted by Gasteiger charge is 2.23. The van der Waals surface area contributed by atoms with Gasteiger partial charge in [-0.15, -0.1) is 23.7 Å². The predicted molar refractivity (Wildman–Crippen MR) is 92.5 cm³/mol. The zero-order valence-electron chi connectivity index (χ0n) is 12.6. The second-order valence-electron chi connectivity index (χ2n) is 5.36. The van der Waals surface area contributed by atoms with Crippen LogP contribution in [0.3, 0.4) is 0 Å². The highest BCUT2D eigenvalue weighted by molar-refractivity contribution is 7.15. The molecule has 2 aromatic heterocycles. The smallest absolute Gasteiger partial charge is 0.180 e. The maximum Gasteiger partial charge on any atom is 0.180 e. The summed E-state index contributed by atoms with van der Waals surface area (Å²) in [7, 11) is 2.18. The molecule has 0 amide bonds. The summed E-state index contributed by atoms with van der Waals surface area (Å²) in [6.45, 7) is 2.97. The first kappa shape index (κ1) is 16.9. The third-order valence-electron chi connectivity index (χ3n) is 3.94. The molecule has 0 unspecified atom stereocenters. The molecule has 0 aliphatic carbocycles. The first-order valence-electron chi connectivity index (χ1n) is 7.14. The second-order valence-corrected chi connectivity index (χ2v) is 6.51. The Kier molecular flexibility index (Phi) is 5.93. The van der Waals surface area contributed by atoms with Gasteiger partial charge < -0.3 is 10.6 Å². The number of nitrogen functional groups attached to an aromatic ring is 1. The van der Waals surface area contributed by atoms with Crippen molar-refractivity contribution in [2.24, 2.45) is 0 Å². The minimum atomic E-state index is 0. The molecule has 1 fully saturated rings. The topological polar surface area (TPSA) is 71.2 Å². The van der Waals surface area contributed by atoms with Crippen molar-refractivity contribution in [2.75, 3.05) is 30.8 Å². The lowest BCUT2D eigenvalue weighted by Gasteiger charge is -2.37. The van der Waals surface area contributed by atoms with Crippen molar-refractivity contribution in [3.05, 3.63) is 29.7 Å². The first-order valence-corrected chi connectivity index (χ1v) is 7.95. The average molecular weight is 341 g/mol. The molecule has 2 aromatic rings. The van der Waals surface area contributed by atoms with Crippen LogP contribution >= 0.6 is 23.7 Å². The molecule has 3 heterocycles. The fourth-order valence-electron chi connectivity index (χ4n) is 2.76. The minimum Gasteiger partial charge on any atom is -0.375 e. The molecule has 1 aliphatic heterocycles. The highest BCUT2D eigenvalue weighted by Crippen LogP contribution is 2.22. The van der Waals surface area contributed by atoms with Crippen LogP contribution in [0.2, 0.25) is 0 Å². The number of anilines is 2. The van der Waals surface area contributed by atoms with Crippen LogP contribution in [-0.2, 0) is 6.54 Å². The number of aromatic nitrogens is 3. The molecule has 1 saturated heterocycles. The third kappa shape index (κ3) is 4.06. The van der Waals surface area contributed by atoms with Crippen molar-refractivity contribution >= 4 is 34.7 Å². The molecule has 8 heteroatoms. The van der Waals surface area contributed by atoms with E-state index in [1.165, 1.54) is 4.88 Å². The van der Waals surface area contributed by atoms with E-state index in [0.29, 0.717) is 11.2 Å². The monoisotopic (exact) mass is 340 g/mol. The molecule has 120 valence electrons. The number of piperidine rings is 1. The van der Waals surface area contributed by atoms with Gasteiger partial charge in [-0.2, -0.15) is 0 Å². The Labute approximate surface area is 140 Å². The van der Waals surface area contributed by atoms with E-state index in [0.717, 1.165) is 38.3 Å². The van der Waals surface area contributed by atoms with Gasteiger partial charge in [0.1, 0.15) is 5.82 Å². The molecule has 0 spiro atoms. The van der Waals surface area contributed by atoms with E-state index in [-0.39, 0.29) is 12.4 Å². The van der Waals surface area contributed by atoms with E-state index < -0.39 is 0 Å². The van der Waals surface area contributed by atoms with Crippen LogP contribution in [0, 0.1) is 0 Å². The van der Waals surface area contributed by atoms with Gasteiger partial charge >= 0.3 is 0 Å². The normalized spacial score (nSPS) is 15.8. The van der Waals surface area contributed by atoms with Crippen LogP contribution in [0.25, 0.3) is 0 Å². The van der Waals surface area contributed by atoms with Crippen molar-refractivity contribution < 1.29 is 0 Å². The molecule has 6 nitrogen and oxygen atoms in total. The minimum absolute atomic E-state index is 0. The largest absolute Gasteiger partial charge is 0.375 e. The Morgan fingerprint density at radius 1 is 1.27 bits per heavy atom. The summed E-state index contributed by atoms with van der Waals surface area (Å²) in [4.78, 5) is 18.6. The van der Waals surface area contributed by atoms with Crippen LogP contribution < -0.4 is 10.6 Å². The number of halogens is 1. The number of nitrogens with zero attached hydrogens (tertiary/aromatic N) is 5. The quantitative estimate of drug-likeness (QED) is 0.918. The van der Waals surface area contributed by atoms with Crippen molar-refractivity contribution in [1.82, 2.24) is 19.9 Å². The summed E-state index contributed by atoms with van der Waals surface area (Å²) >= 11 is 1.57. The van der Waals surface area contributed by atoms with Gasteiger partial charge in [0.25, 0.3) is 0 Å². The van der Waals surface area contributed by atoms with Crippen molar-refractivity contribution in [2.45, 2.75) is 25.4 Å². The summed E-state index contributed by atoms with van der Waals surface area (Å²) in [6, 6.07) is 0.598. The Hall–Kier alpha value is -1.44. The van der Waals surface area contributed by atoms with Crippen LogP contribution in [0.1, 0.15) is 17.7 Å². The van der Waals surface area contributed by atoms with Crippen LogP contribution in [0.5, 0.6) is 0 Å². The number of thiazole rings is 1. The summed E-state index contributed by atoms with van der Waals surface area (Å²) in [5.74, 6) is 0.980. The molecule has 22 heavy (non-hydrogen) atoms. The van der Waals surface area contributed by atoms with Gasteiger partial charge in [-0.05, 0) is 19.9 Å². The molecule has 0 atom stereocenters. The van der Waals surface area contributed by atoms with E-state index in [1.807, 2.05) is 12.4 Å². The second kappa shape index (κ2) is 7.71. The molecule has 0 aromatic carbocycles. The fourth-order valence-corrected chi connectivity index (χ4v) is 3.51. The van der Waals surface area contributed by atoms with Crippen LogP contribution in [0.15, 0.2) is 24.8 Å². The van der Waals surface area contributed by atoms with E-state index >= 15 is 0 Å².